The third-order valence-corrected chi connectivity index (χ3v) is 3.83. The minimum Gasteiger partial charge on any atom is -0.381 e. The lowest BCUT2D eigenvalue weighted by atomic mass is 10.1. The summed E-state index contributed by atoms with van der Waals surface area (Å²) < 4.78 is 6.85. The molecule has 0 spiro atoms. The van der Waals surface area contributed by atoms with Crippen molar-refractivity contribution >= 4 is 5.69 Å². The number of aromatic nitrogens is 2. The number of hydrogen-bond donors (Lipinski definition) is 1. The number of nitrogens with zero attached hydrogens (tertiary/aromatic N) is 3. The van der Waals surface area contributed by atoms with Gasteiger partial charge in [0.1, 0.15) is 0 Å². The molecule has 0 aliphatic carbocycles. The van der Waals surface area contributed by atoms with E-state index in [0.29, 0.717) is 12.6 Å². The van der Waals surface area contributed by atoms with E-state index in [1.54, 1.807) is 12.3 Å². The Balaban J connectivity index is 1.84. The van der Waals surface area contributed by atoms with Crippen LogP contribution in [0.3, 0.4) is 0 Å². The SMILES string of the molecule is CCCN(C)c1cnn(CCNC2CCOCC2)c(=O)c1. The van der Waals surface area contributed by atoms with Crippen molar-refractivity contribution < 1.29 is 4.74 Å². The minimum atomic E-state index is -0.0377. The Morgan fingerprint density at radius 1 is 1.48 bits per heavy atom. The number of nitrogens with one attached hydrogen (secondary N) is 1. The highest BCUT2D eigenvalue weighted by molar-refractivity contribution is 5.41. The molecule has 0 aromatic carbocycles. The molecule has 2 heterocycles. The summed E-state index contributed by atoms with van der Waals surface area (Å²) in [7, 11) is 1.98. The lowest BCUT2D eigenvalue weighted by molar-refractivity contribution is 0.0778. The predicted molar refractivity (Wildman–Crippen MR) is 83.9 cm³/mol. The zero-order valence-electron chi connectivity index (χ0n) is 13.0. The zero-order valence-corrected chi connectivity index (χ0v) is 13.0. The molecule has 0 unspecified atom stereocenters. The third-order valence-electron chi connectivity index (χ3n) is 3.83. The van der Waals surface area contributed by atoms with E-state index in [9.17, 15) is 4.79 Å². The largest absolute Gasteiger partial charge is 0.381 e. The van der Waals surface area contributed by atoms with Crippen LogP contribution >= 0.6 is 0 Å². The van der Waals surface area contributed by atoms with Gasteiger partial charge in [0.2, 0.25) is 0 Å². The minimum absolute atomic E-state index is 0.0377. The van der Waals surface area contributed by atoms with Crippen LogP contribution in [0.25, 0.3) is 0 Å². The molecule has 1 aliphatic rings. The van der Waals surface area contributed by atoms with Crippen LogP contribution in [0.4, 0.5) is 5.69 Å². The van der Waals surface area contributed by atoms with Crippen molar-refractivity contribution in [2.75, 3.05) is 38.3 Å². The lowest BCUT2D eigenvalue weighted by Gasteiger charge is -2.23. The molecular weight excluding hydrogens is 268 g/mol. The second-order valence-corrected chi connectivity index (χ2v) is 5.54. The average molecular weight is 294 g/mol. The molecule has 21 heavy (non-hydrogen) atoms. The molecule has 118 valence electrons. The molecule has 0 bridgehead atoms. The summed E-state index contributed by atoms with van der Waals surface area (Å²) in [5.74, 6) is 0. The molecule has 0 amide bonds. The molecule has 1 N–H and O–H groups in total. The van der Waals surface area contributed by atoms with Crippen LogP contribution in [0.1, 0.15) is 26.2 Å². The van der Waals surface area contributed by atoms with Crippen LogP contribution in [0.15, 0.2) is 17.1 Å². The van der Waals surface area contributed by atoms with E-state index in [2.05, 4.69) is 22.2 Å². The van der Waals surface area contributed by atoms with Gasteiger partial charge in [-0.2, -0.15) is 5.10 Å². The van der Waals surface area contributed by atoms with E-state index in [-0.39, 0.29) is 5.56 Å². The Labute approximate surface area is 126 Å². The summed E-state index contributed by atoms with van der Waals surface area (Å²) in [5, 5.41) is 7.73. The van der Waals surface area contributed by atoms with Crippen molar-refractivity contribution in [2.45, 2.75) is 38.8 Å². The Bertz CT molecular complexity index is 483. The van der Waals surface area contributed by atoms with E-state index < -0.39 is 0 Å². The Morgan fingerprint density at radius 2 is 2.24 bits per heavy atom. The van der Waals surface area contributed by atoms with Gasteiger partial charge < -0.3 is 15.0 Å². The van der Waals surface area contributed by atoms with E-state index in [0.717, 1.165) is 51.3 Å². The number of anilines is 1. The predicted octanol–water partition coefficient (Wildman–Crippen LogP) is 0.858. The molecular formula is C15H26N4O2. The van der Waals surface area contributed by atoms with Crippen molar-refractivity contribution in [3.8, 4) is 0 Å². The highest BCUT2D eigenvalue weighted by Gasteiger charge is 2.12. The third kappa shape index (κ3) is 4.82. The average Bonchev–Trinajstić information content (AvgIpc) is 2.50. The summed E-state index contributed by atoms with van der Waals surface area (Å²) in [6, 6.07) is 2.17. The maximum atomic E-state index is 12.1. The molecule has 2 rings (SSSR count). The van der Waals surface area contributed by atoms with Crippen LogP contribution < -0.4 is 15.8 Å². The van der Waals surface area contributed by atoms with E-state index in [1.807, 2.05) is 7.05 Å². The Morgan fingerprint density at radius 3 is 2.90 bits per heavy atom. The summed E-state index contributed by atoms with van der Waals surface area (Å²) in [5.41, 5.74) is 0.847. The van der Waals surface area contributed by atoms with Crippen molar-refractivity contribution in [1.82, 2.24) is 15.1 Å². The van der Waals surface area contributed by atoms with Crippen LogP contribution in [0, 0.1) is 0 Å². The molecule has 1 saturated heterocycles. The second kappa shape index (κ2) is 8.14. The Hall–Kier alpha value is -1.40. The first-order valence-electron chi connectivity index (χ1n) is 7.80. The highest BCUT2D eigenvalue weighted by atomic mass is 16.5. The maximum absolute atomic E-state index is 12.1. The Kier molecular flexibility index (Phi) is 6.20. The molecule has 1 aromatic rings. The van der Waals surface area contributed by atoms with E-state index in [4.69, 9.17) is 4.74 Å². The van der Waals surface area contributed by atoms with E-state index in [1.165, 1.54) is 4.68 Å². The van der Waals surface area contributed by atoms with Crippen LogP contribution in [0.5, 0.6) is 0 Å². The normalized spacial score (nSPS) is 16.1. The molecule has 0 saturated carbocycles. The highest BCUT2D eigenvalue weighted by Crippen LogP contribution is 2.07. The van der Waals surface area contributed by atoms with Gasteiger partial charge in [0.05, 0.1) is 18.4 Å². The van der Waals surface area contributed by atoms with Gasteiger partial charge >= 0.3 is 0 Å². The van der Waals surface area contributed by atoms with Gasteiger partial charge in [0.25, 0.3) is 5.56 Å². The first kappa shape index (κ1) is 16.0. The number of ether oxygens (including phenoxy) is 1. The fraction of sp³-hybridized carbons (Fsp3) is 0.733. The van der Waals surface area contributed by atoms with Gasteiger partial charge in [-0.05, 0) is 19.3 Å². The van der Waals surface area contributed by atoms with Crippen molar-refractivity contribution in [3.63, 3.8) is 0 Å². The summed E-state index contributed by atoms with van der Waals surface area (Å²) in [6.45, 7) is 6.07. The fourth-order valence-corrected chi connectivity index (χ4v) is 2.54. The molecule has 0 atom stereocenters. The summed E-state index contributed by atoms with van der Waals surface area (Å²) in [6.07, 6.45) is 4.91. The van der Waals surface area contributed by atoms with Gasteiger partial charge in [-0.15, -0.1) is 0 Å². The number of hydrogen-bond acceptors (Lipinski definition) is 5. The molecule has 1 fully saturated rings. The molecule has 6 nitrogen and oxygen atoms in total. The first-order chi connectivity index (χ1) is 10.2. The van der Waals surface area contributed by atoms with Crippen molar-refractivity contribution in [1.29, 1.82) is 0 Å². The summed E-state index contributed by atoms with van der Waals surface area (Å²) in [4.78, 5) is 14.1. The van der Waals surface area contributed by atoms with Crippen LogP contribution in [0.2, 0.25) is 0 Å². The maximum Gasteiger partial charge on any atom is 0.268 e. The van der Waals surface area contributed by atoms with Gasteiger partial charge in [-0.3, -0.25) is 4.79 Å². The van der Waals surface area contributed by atoms with Crippen molar-refractivity contribution in [3.05, 3.63) is 22.6 Å². The monoisotopic (exact) mass is 294 g/mol. The topological polar surface area (TPSA) is 59.4 Å². The van der Waals surface area contributed by atoms with Gasteiger partial charge in [-0.1, -0.05) is 6.92 Å². The fourth-order valence-electron chi connectivity index (χ4n) is 2.54. The molecule has 1 aromatic heterocycles. The second-order valence-electron chi connectivity index (χ2n) is 5.54. The van der Waals surface area contributed by atoms with E-state index >= 15 is 0 Å². The standard InChI is InChI=1S/C15H26N4O2/c1-3-7-18(2)14-11-15(20)19(17-12-14)8-6-16-13-4-9-21-10-5-13/h11-13,16H,3-10H2,1-2H3. The van der Waals surface area contributed by atoms with Crippen molar-refractivity contribution in [2.24, 2.45) is 0 Å². The van der Waals surface area contributed by atoms with Crippen LogP contribution in [-0.4, -0.2) is 49.2 Å². The quantitative estimate of drug-likeness (QED) is 0.808. The summed E-state index contributed by atoms with van der Waals surface area (Å²) >= 11 is 0. The van der Waals surface area contributed by atoms with Gasteiger partial charge in [0.15, 0.2) is 0 Å². The number of rotatable bonds is 7. The van der Waals surface area contributed by atoms with Crippen LogP contribution in [-0.2, 0) is 11.3 Å². The zero-order chi connectivity index (χ0) is 15.1. The lowest BCUT2D eigenvalue weighted by Crippen LogP contribution is -2.38. The smallest absolute Gasteiger partial charge is 0.268 e. The molecule has 6 heteroatoms. The van der Waals surface area contributed by atoms with Gasteiger partial charge in [0, 0.05) is 45.5 Å². The molecule has 0 radical (unpaired) electrons. The molecule has 1 aliphatic heterocycles. The first-order valence-corrected chi connectivity index (χ1v) is 7.80. The van der Waals surface area contributed by atoms with Gasteiger partial charge in [-0.25, -0.2) is 4.68 Å².